The van der Waals surface area contributed by atoms with E-state index in [1.54, 1.807) is 6.07 Å². The molecule has 4 rings (SSSR count). The number of hydrogen-bond acceptors (Lipinski definition) is 3. The van der Waals surface area contributed by atoms with Crippen LogP contribution in [-0.4, -0.2) is 5.91 Å². The SMILES string of the molecule is CC(=O)Nc1cccc2c(-c3ccccc3)c(-c3ccccc3)oc(=O)c12. The van der Waals surface area contributed by atoms with Crippen LogP contribution in [0.5, 0.6) is 0 Å². The molecule has 1 amide bonds. The second-order valence-electron chi connectivity index (χ2n) is 6.24. The summed E-state index contributed by atoms with van der Waals surface area (Å²) < 4.78 is 5.78. The summed E-state index contributed by atoms with van der Waals surface area (Å²) in [6, 6.07) is 24.7. The molecular formula is C23H17NO3. The van der Waals surface area contributed by atoms with Crippen LogP contribution < -0.4 is 10.9 Å². The Kier molecular flexibility index (Phi) is 4.30. The fourth-order valence-electron chi connectivity index (χ4n) is 3.28. The molecule has 0 aliphatic carbocycles. The van der Waals surface area contributed by atoms with Crippen molar-refractivity contribution >= 4 is 22.4 Å². The van der Waals surface area contributed by atoms with Crippen molar-refractivity contribution in [2.24, 2.45) is 0 Å². The van der Waals surface area contributed by atoms with E-state index in [0.29, 0.717) is 16.8 Å². The molecule has 4 nitrogen and oxygen atoms in total. The monoisotopic (exact) mass is 355 g/mol. The maximum atomic E-state index is 12.8. The molecule has 0 aliphatic rings. The van der Waals surface area contributed by atoms with Gasteiger partial charge in [-0.2, -0.15) is 0 Å². The maximum Gasteiger partial charge on any atom is 0.346 e. The Bertz CT molecular complexity index is 1180. The largest absolute Gasteiger partial charge is 0.422 e. The number of hydrogen-bond donors (Lipinski definition) is 1. The van der Waals surface area contributed by atoms with Crippen molar-refractivity contribution < 1.29 is 9.21 Å². The van der Waals surface area contributed by atoms with Crippen LogP contribution >= 0.6 is 0 Å². The molecule has 0 fully saturated rings. The quantitative estimate of drug-likeness (QED) is 0.557. The van der Waals surface area contributed by atoms with E-state index in [2.05, 4.69) is 5.32 Å². The second kappa shape index (κ2) is 6.92. The van der Waals surface area contributed by atoms with Gasteiger partial charge in [-0.05, 0) is 11.6 Å². The van der Waals surface area contributed by atoms with Crippen molar-refractivity contribution in [3.05, 3.63) is 89.3 Å². The van der Waals surface area contributed by atoms with Crippen LogP contribution in [0.3, 0.4) is 0 Å². The van der Waals surface area contributed by atoms with Crippen molar-refractivity contribution in [3.63, 3.8) is 0 Å². The molecule has 0 bridgehead atoms. The summed E-state index contributed by atoms with van der Waals surface area (Å²) in [4.78, 5) is 24.4. The normalized spacial score (nSPS) is 10.7. The van der Waals surface area contributed by atoms with E-state index in [9.17, 15) is 9.59 Å². The van der Waals surface area contributed by atoms with Crippen molar-refractivity contribution in [1.82, 2.24) is 0 Å². The Balaban J connectivity index is 2.13. The minimum absolute atomic E-state index is 0.240. The van der Waals surface area contributed by atoms with Crippen molar-refractivity contribution in [2.75, 3.05) is 5.32 Å². The first-order valence-electron chi connectivity index (χ1n) is 8.63. The lowest BCUT2D eigenvalue weighted by Gasteiger charge is -2.14. The standard InChI is InChI=1S/C23H17NO3/c1-15(25)24-19-14-8-13-18-20(16-9-4-2-5-10-16)22(27-23(26)21(18)19)17-11-6-3-7-12-17/h2-14H,1H3,(H,24,25). The van der Waals surface area contributed by atoms with Gasteiger partial charge >= 0.3 is 5.63 Å². The third-order valence-electron chi connectivity index (χ3n) is 4.37. The van der Waals surface area contributed by atoms with Crippen LogP contribution in [0.1, 0.15) is 6.92 Å². The zero-order chi connectivity index (χ0) is 18.8. The molecule has 3 aromatic carbocycles. The number of nitrogens with one attached hydrogen (secondary N) is 1. The van der Waals surface area contributed by atoms with Crippen LogP contribution in [0, 0.1) is 0 Å². The maximum absolute atomic E-state index is 12.8. The van der Waals surface area contributed by atoms with Crippen LogP contribution in [0.25, 0.3) is 33.2 Å². The molecule has 0 aliphatic heterocycles. The average Bonchev–Trinajstić information content (AvgIpc) is 2.69. The summed E-state index contributed by atoms with van der Waals surface area (Å²) in [5.74, 6) is 0.273. The molecule has 1 aromatic heterocycles. The number of amides is 1. The van der Waals surface area contributed by atoms with Crippen molar-refractivity contribution in [3.8, 4) is 22.5 Å². The van der Waals surface area contributed by atoms with Crippen LogP contribution in [0.2, 0.25) is 0 Å². The first kappa shape index (κ1) is 16.8. The summed E-state index contributed by atoms with van der Waals surface area (Å²) >= 11 is 0. The molecule has 0 unspecified atom stereocenters. The van der Waals surface area contributed by atoms with Gasteiger partial charge in [0.2, 0.25) is 5.91 Å². The lowest BCUT2D eigenvalue weighted by molar-refractivity contribution is -0.114. The van der Waals surface area contributed by atoms with E-state index < -0.39 is 5.63 Å². The fraction of sp³-hybridized carbons (Fsp3) is 0.0435. The Hall–Kier alpha value is -3.66. The number of benzene rings is 3. The number of anilines is 1. The molecule has 1 heterocycles. The predicted octanol–water partition coefficient (Wildman–Crippen LogP) is 5.09. The Labute approximate surface area is 156 Å². The Morgan fingerprint density at radius 1 is 0.815 bits per heavy atom. The zero-order valence-corrected chi connectivity index (χ0v) is 14.7. The van der Waals surface area contributed by atoms with Gasteiger partial charge in [0.15, 0.2) is 0 Å². The predicted molar refractivity (Wildman–Crippen MR) is 108 cm³/mol. The van der Waals surface area contributed by atoms with E-state index in [1.807, 2.05) is 72.8 Å². The van der Waals surface area contributed by atoms with E-state index in [0.717, 1.165) is 22.1 Å². The number of fused-ring (bicyclic) bond motifs is 1. The van der Waals surface area contributed by atoms with Crippen molar-refractivity contribution in [2.45, 2.75) is 6.92 Å². The van der Waals surface area contributed by atoms with E-state index in [-0.39, 0.29) is 5.91 Å². The van der Waals surface area contributed by atoms with Gasteiger partial charge in [-0.15, -0.1) is 0 Å². The van der Waals surface area contributed by atoms with E-state index >= 15 is 0 Å². The van der Waals surface area contributed by atoms with E-state index in [4.69, 9.17) is 4.42 Å². The molecule has 0 saturated carbocycles. The molecule has 4 heteroatoms. The third-order valence-corrected chi connectivity index (χ3v) is 4.37. The van der Waals surface area contributed by atoms with Gasteiger partial charge in [-0.25, -0.2) is 4.79 Å². The highest BCUT2D eigenvalue weighted by molar-refractivity contribution is 6.08. The highest BCUT2D eigenvalue weighted by Crippen LogP contribution is 2.38. The molecule has 27 heavy (non-hydrogen) atoms. The van der Waals surface area contributed by atoms with Gasteiger partial charge in [0.1, 0.15) is 5.76 Å². The number of rotatable bonds is 3. The Morgan fingerprint density at radius 3 is 2.07 bits per heavy atom. The first-order valence-corrected chi connectivity index (χ1v) is 8.63. The average molecular weight is 355 g/mol. The van der Waals surface area contributed by atoms with Crippen LogP contribution in [-0.2, 0) is 4.79 Å². The van der Waals surface area contributed by atoms with Gasteiger partial charge < -0.3 is 9.73 Å². The molecule has 0 atom stereocenters. The van der Waals surface area contributed by atoms with E-state index in [1.165, 1.54) is 6.92 Å². The zero-order valence-electron chi connectivity index (χ0n) is 14.7. The van der Waals surface area contributed by atoms with Crippen LogP contribution in [0.15, 0.2) is 88.1 Å². The molecular weight excluding hydrogens is 338 g/mol. The lowest BCUT2D eigenvalue weighted by Crippen LogP contribution is -2.11. The first-order chi connectivity index (χ1) is 13.1. The highest BCUT2D eigenvalue weighted by Gasteiger charge is 2.19. The fourth-order valence-corrected chi connectivity index (χ4v) is 3.28. The van der Waals surface area contributed by atoms with Gasteiger partial charge in [-0.1, -0.05) is 72.8 Å². The summed E-state index contributed by atoms with van der Waals surface area (Å²) in [6.45, 7) is 1.41. The van der Waals surface area contributed by atoms with Gasteiger partial charge in [0, 0.05) is 23.4 Å². The highest BCUT2D eigenvalue weighted by atomic mass is 16.4. The molecule has 132 valence electrons. The molecule has 0 radical (unpaired) electrons. The molecule has 0 spiro atoms. The number of carbonyl (C=O) groups excluding carboxylic acids is 1. The lowest BCUT2D eigenvalue weighted by atomic mass is 9.95. The Morgan fingerprint density at radius 2 is 1.44 bits per heavy atom. The minimum Gasteiger partial charge on any atom is -0.422 e. The summed E-state index contributed by atoms with van der Waals surface area (Å²) in [5, 5.41) is 3.83. The van der Waals surface area contributed by atoms with Crippen molar-refractivity contribution in [1.29, 1.82) is 0 Å². The molecule has 1 N–H and O–H groups in total. The van der Waals surface area contributed by atoms with Gasteiger partial charge in [0.05, 0.1) is 11.1 Å². The smallest absolute Gasteiger partial charge is 0.346 e. The third kappa shape index (κ3) is 3.13. The topological polar surface area (TPSA) is 59.3 Å². The summed E-state index contributed by atoms with van der Waals surface area (Å²) in [6.07, 6.45) is 0. The second-order valence-corrected chi connectivity index (χ2v) is 6.24. The van der Waals surface area contributed by atoms with Gasteiger partial charge in [0.25, 0.3) is 0 Å². The molecule has 4 aromatic rings. The molecule has 0 saturated heterocycles. The van der Waals surface area contributed by atoms with Crippen LogP contribution in [0.4, 0.5) is 5.69 Å². The minimum atomic E-state index is -0.479. The summed E-state index contributed by atoms with van der Waals surface area (Å²) in [5.41, 5.74) is 2.55. The van der Waals surface area contributed by atoms with Gasteiger partial charge in [-0.3, -0.25) is 4.79 Å². The summed E-state index contributed by atoms with van der Waals surface area (Å²) in [7, 11) is 0. The number of carbonyl (C=O) groups is 1.